The van der Waals surface area contributed by atoms with Gasteiger partial charge in [0, 0.05) is 16.6 Å². The lowest BCUT2D eigenvalue weighted by Crippen LogP contribution is -2.23. The van der Waals surface area contributed by atoms with E-state index < -0.39 is 23.5 Å². The number of para-hydroxylation sites is 1. The van der Waals surface area contributed by atoms with E-state index in [0.717, 1.165) is 0 Å². The largest absolute Gasteiger partial charge is 0.468 e. The maximum absolute atomic E-state index is 12.7. The Hall–Kier alpha value is -2.31. The second-order valence-corrected chi connectivity index (χ2v) is 4.47. The van der Waals surface area contributed by atoms with Crippen molar-refractivity contribution in [3.8, 4) is 0 Å². The van der Waals surface area contributed by atoms with Crippen LogP contribution < -0.4 is 0 Å². The summed E-state index contributed by atoms with van der Waals surface area (Å²) in [6, 6.07) is 6.14. The van der Waals surface area contributed by atoms with E-state index in [4.69, 9.17) is 0 Å². The number of carbonyl (C=O) groups is 2. The van der Waals surface area contributed by atoms with Crippen molar-refractivity contribution in [1.82, 2.24) is 4.57 Å². The summed E-state index contributed by atoms with van der Waals surface area (Å²) in [4.78, 5) is 23.0. The maximum atomic E-state index is 12.7. The molecule has 2 aromatic rings. The van der Waals surface area contributed by atoms with Gasteiger partial charge in [-0.2, -0.15) is 13.2 Å². The molecule has 4 nitrogen and oxygen atoms in total. The van der Waals surface area contributed by atoms with Crippen LogP contribution in [0.15, 0.2) is 24.3 Å². The molecule has 1 aromatic heterocycles. The van der Waals surface area contributed by atoms with Gasteiger partial charge in [0.2, 0.25) is 0 Å². The average molecular weight is 299 g/mol. The number of hydrogen-bond donors (Lipinski definition) is 0. The van der Waals surface area contributed by atoms with E-state index in [1.807, 2.05) is 0 Å². The molecule has 0 unspecified atom stereocenters. The fourth-order valence-electron chi connectivity index (χ4n) is 2.26. The lowest BCUT2D eigenvalue weighted by Gasteiger charge is -2.08. The van der Waals surface area contributed by atoms with Crippen LogP contribution in [0.25, 0.3) is 10.9 Å². The summed E-state index contributed by atoms with van der Waals surface area (Å²) in [6.45, 7) is 1.12. The second kappa shape index (κ2) is 5.23. The summed E-state index contributed by atoms with van der Waals surface area (Å²) >= 11 is 0. The summed E-state index contributed by atoms with van der Waals surface area (Å²) in [5, 5.41) is 0.168. The molecule has 112 valence electrons. The van der Waals surface area contributed by atoms with E-state index in [1.165, 1.54) is 30.7 Å². The number of rotatable bonds is 3. The fraction of sp³-hybridized carbons (Fsp3) is 0.286. The molecular formula is C14H12F3NO3. The van der Waals surface area contributed by atoms with E-state index in [1.54, 1.807) is 12.1 Å². The summed E-state index contributed by atoms with van der Waals surface area (Å²) in [6.07, 6.45) is -4.97. The number of fused-ring (bicyclic) bond motifs is 1. The van der Waals surface area contributed by atoms with Gasteiger partial charge in [-0.25, -0.2) is 0 Å². The fourth-order valence-corrected chi connectivity index (χ4v) is 2.26. The van der Waals surface area contributed by atoms with Gasteiger partial charge < -0.3 is 9.30 Å². The molecule has 0 aliphatic carbocycles. The Kier molecular flexibility index (Phi) is 3.76. The van der Waals surface area contributed by atoms with E-state index in [9.17, 15) is 22.8 Å². The zero-order valence-corrected chi connectivity index (χ0v) is 11.3. The van der Waals surface area contributed by atoms with E-state index in [0.29, 0.717) is 5.52 Å². The number of alkyl halides is 3. The van der Waals surface area contributed by atoms with Crippen LogP contribution in [0.4, 0.5) is 13.2 Å². The third kappa shape index (κ3) is 2.63. The number of benzene rings is 1. The number of Topliss-reactive ketones (excluding diaryl/α,β-unsaturated/α-hetero) is 1. The highest BCUT2D eigenvalue weighted by molar-refractivity contribution is 6.12. The highest BCUT2D eigenvalue weighted by atomic mass is 19.4. The van der Waals surface area contributed by atoms with Gasteiger partial charge in [0.25, 0.3) is 5.78 Å². The van der Waals surface area contributed by atoms with Gasteiger partial charge in [0.15, 0.2) is 0 Å². The predicted molar refractivity (Wildman–Crippen MR) is 69.1 cm³/mol. The first-order valence-electron chi connectivity index (χ1n) is 6.03. The minimum atomic E-state index is -4.97. The summed E-state index contributed by atoms with van der Waals surface area (Å²) in [7, 11) is 1.19. The van der Waals surface area contributed by atoms with Crippen molar-refractivity contribution in [2.45, 2.75) is 19.6 Å². The van der Waals surface area contributed by atoms with E-state index in [2.05, 4.69) is 4.74 Å². The lowest BCUT2D eigenvalue weighted by atomic mass is 10.1. The topological polar surface area (TPSA) is 48.3 Å². The van der Waals surface area contributed by atoms with Crippen molar-refractivity contribution in [1.29, 1.82) is 0 Å². The number of aromatic nitrogens is 1. The van der Waals surface area contributed by atoms with Gasteiger partial charge in [0.1, 0.15) is 6.54 Å². The summed E-state index contributed by atoms with van der Waals surface area (Å²) < 4.78 is 44.1. The minimum Gasteiger partial charge on any atom is -0.468 e. The molecule has 0 N–H and O–H groups in total. The van der Waals surface area contributed by atoms with Crippen molar-refractivity contribution in [3.05, 3.63) is 35.5 Å². The summed E-state index contributed by atoms with van der Waals surface area (Å²) in [5.41, 5.74) is 0.0407. The lowest BCUT2D eigenvalue weighted by molar-refractivity contribution is -0.141. The second-order valence-electron chi connectivity index (χ2n) is 4.47. The normalized spacial score (nSPS) is 11.7. The number of methoxy groups -OCH3 is 1. The van der Waals surface area contributed by atoms with Gasteiger partial charge >= 0.3 is 12.1 Å². The first kappa shape index (κ1) is 15.1. The number of esters is 1. The number of carbonyl (C=O) groups excluding carboxylic acids is 2. The SMILES string of the molecule is COC(=O)Cn1c(C)c(C(=O)C(F)(F)F)c2ccccc21. The first-order chi connectivity index (χ1) is 9.77. The van der Waals surface area contributed by atoms with Crippen LogP contribution in [0.5, 0.6) is 0 Å². The molecule has 0 amide bonds. The Labute approximate surface area is 118 Å². The van der Waals surface area contributed by atoms with Crippen LogP contribution in [0.1, 0.15) is 16.1 Å². The quantitative estimate of drug-likeness (QED) is 0.647. The zero-order chi connectivity index (χ0) is 15.8. The van der Waals surface area contributed by atoms with Crippen LogP contribution in [0.3, 0.4) is 0 Å². The van der Waals surface area contributed by atoms with Crippen molar-refractivity contribution >= 4 is 22.7 Å². The average Bonchev–Trinajstić information content (AvgIpc) is 2.70. The van der Waals surface area contributed by atoms with E-state index in [-0.39, 0.29) is 17.6 Å². The van der Waals surface area contributed by atoms with Crippen molar-refractivity contribution in [2.24, 2.45) is 0 Å². The van der Waals surface area contributed by atoms with Gasteiger partial charge in [-0.1, -0.05) is 18.2 Å². The smallest absolute Gasteiger partial charge is 0.454 e. The number of hydrogen-bond acceptors (Lipinski definition) is 3. The molecule has 0 atom stereocenters. The van der Waals surface area contributed by atoms with Gasteiger partial charge in [-0.3, -0.25) is 9.59 Å². The minimum absolute atomic E-state index is 0.0870. The van der Waals surface area contributed by atoms with Crippen molar-refractivity contribution < 1.29 is 27.5 Å². The Bertz CT molecular complexity index is 716. The number of ketones is 1. The van der Waals surface area contributed by atoms with Crippen LogP contribution in [-0.4, -0.2) is 29.6 Å². The number of nitrogens with zero attached hydrogens (tertiary/aromatic N) is 1. The standard InChI is InChI=1S/C14H12F3NO3/c1-8-12(13(20)14(15,16)17)9-5-3-4-6-10(9)18(8)7-11(19)21-2/h3-6H,7H2,1-2H3. The van der Waals surface area contributed by atoms with Gasteiger partial charge in [-0.05, 0) is 13.0 Å². The van der Waals surface area contributed by atoms with Crippen molar-refractivity contribution in [3.63, 3.8) is 0 Å². The molecule has 2 rings (SSSR count). The van der Waals surface area contributed by atoms with Gasteiger partial charge in [0.05, 0.1) is 12.7 Å². The van der Waals surface area contributed by atoms with Crippen LogP contribution in [-0.2, 0) is 16.1 Å². The molecule has 0 saturated carbocycles. The molecule has 1 heterocycles. The third-order valence-corrected chi connectivity index (χ3v) is 3.23. The Morgan fingerprint density at radius 2 is 1.86 bits per heavy atom. The number of halogens is 3. The molecule has 0 spiro atoms. The molecule has 1 aromatic carbocycles. The molecule has 0 fully saturated rings. The summed E-state index contributed by atoms with van der Waals surface area (Å²) in [5.74, 6) is -2.52. The van der Waals surface area contributed by atoms with Crippen LogP contribution in [0, 0.1) is 6.92 Å². The maximum Gasteiger partial charge on any atom is 0.454 e. The molecule has 0 saturated heterocycles. The van der Waals surface area contributed by atoms with Crippen LogP contribution >= 0.6 is 0 Å². The number of ether oxygens (including phenoxy) is 1. The van der Waals surface area contributed by atoms with Gasteiger partial charge in [-0.15, -0.1) is 0 Å². The molecule has 0 bridgehead atoms. The molecular weight excluding hydrogens is 287 g/mol. The van der Waals surface area contributed by atoms with Crippen molar-refractivity contribution in [2.75, 3.05) is 7.11 Å². The monoisotopic (exact) mass is 299 g/mol. The highest BCUT2D eigenvalue weighted by Crippen LogP contribution is 2.31. The third-order valence-electron chi connectivity index (χ3n) is 3.23. The first-order valence-corrected chi connectivity index (χ1v) is 6.03. The molecule has 0 radical (unpaired) electrons. The molecule has 21 heavy (non-hydrogen) atoms. The van der Waals surface area contributed by atoms with Crippen LogP contribution in [0.2, 0.25) is 0 Å². The predicted octanol–water partition coefficient (Wildman–Crippen LogP) is 2.87. The zero-order valence-electron chi connectivity index (χ0n) is 11.3. The Balaban J connectivity index is 2.70. The van der Waals surface area contributed by atoms with E-state index >= 15 is 0 Å². The Morgan fingerprint density at radius 3 is 2.43 bits per heavy atom. The molecule has 0 aliphatic heterocycles. The molecule has 7 heteroatoms. The Morgan fingerprint density at radius 1 is 1.24 bits per heavy atom. The highest BCUT2D eigenvalue weighted by Gasteiger charge is 2.42. The molecule has 0 aliphatic rings.